The third-order valence-electron chi connectivity index (χ3n) is 5.79. The maximum Gasteiger partial charge on any atom is 0.335 e. The maximum atomic E-state index is 12.5. The third-order valence-corrected chi connectivity index (χ3v) is 5.79. The lowest BCUT2D eigenvalue weighted by atomic mass is 9.80. The Kier molecular flexibility index (Phi) is 4.38. The van der Waals surface area contributed by atoms with Gasteiger partial charge in [0.2, 0.25) is 5.91 Å². The van der Waals surface area contributed by atoms with Crippen LogP contribution in [0.4, 0.5) is 11.4 Å². The van der Waals surface area contributed by atoms with Crippen LogP contribution in [-0.2, 0) is 4.79 Å². The average Bonchev–Trinajstić information content (AvgIpc) is 3.48. The summed E-state index contributed by atoms with van der Waals surface area (Å²) in [5.41, 5.74) is 3.26. The summed E-state index contributed by atoms with van der Waals surface area (Å²) in [6.07, 6.45) is 2.34. The lowest BCUT2D eigenvalue weighted by molar-refractivity contribution is -0.117. The Morgan fingerprint density at radius 3 is 2.33 bits per heavy atom. The van der Waals surface area contributed by atoms with Crippen molar-refractivity contribution in [2.45, 2.75) is 38.8 Å². The molecule has 1 aliphatic heterocycles. The molecule has 2 aliphatic rings. The van der Waals surface area contributed by atoms with E-state index in [9.17, 15) is 9.59 Å². The van der Waals surface area contributed by atoms with E-state index >= 15 is 0 Å². The van der Waals surface area contributed by atoms with Crippen LogP contribution < -0.4 is 10.2 Å². The number of carboxylic acids is 1. The van der Waals surface area contributed by atoms with Crippen LogP contribution in [0.3, 0.4) is 0 Å². The van der Waals surface area contributed by atoms with Gasteiger partial charge in [0.15, 0.2) is 0 Å². The normalized spacial score (nSPS) is 24.2. The zero-order valence-corrected chi connectivity index (χ0v) is 15.6. The highest BCUT2D eigenvalue weighted by molar-refractivity contribution is 5.94. The van der Waals surface area contributed by atoms with Gasteiger partial charge >= 0.3 is 5.97 Å². The molecule has 0 saturated heterocycles. The molecule has 1 amide bonds. The molecule has 5 nitrogen and oxygen atoms in total. The van der Waals surface area contributed by atoms with E-state index in [1.54, 1.807) is 19.1 Å². The molecule has 0 unspecified atom stereocenters. The minimum atomic E-state index is -0.927. The molecule has 1 aliphatic carbocycles. The fourth-order valence-electron chi connectivity index (χ4n) is 4.40. The third kappa shape index (κ3) is 3.18. The molecule has 2 N–H and O–H groups in total. The molecule has 0 bridgehead atoms. The second-order valence-corrected chi connectivity index (χ2v) is 7.64. The van der Waals surface area contributed by atoms with Crippen LogP contribution in [0.1, 0.15) is 48.7 Å². The second-order valence-electron chi connectivity index (χ2n) is 7.64. The number of nitrogens with zero attached hydrogens (tertiary/aromatic N) is 1. The van der Waals surface area contributed by atoms with Crippen LogP contribution in [0, 0.1) is 11.8 Å². The van der Waals surface area contributed by atoms with Crippen molar-refractivity contribution in [3.05, 3.63) is 59.7 Å². The summed E-state index contributed by atoms with van der Waals surface area (Å²) in [5.74, 6) is -0.0364. The topological polar surface area (TPSA) is 69.6 Å². The Morgan fingerprint density at radius 1 is 1.07 bits per heavy atom. The fourth-order valence-corrected chi connectivity index (χ4v) is 4.40. The van der Waals surface area contributed by atoms with Crippen LogP contribution >= 0.6 is 0 Å². The summed E-state index contributed by atoms with van der Waals surface area (Å²) >= 11 is 0. The molecule has 140 valence electrons. The minimum Gasteiger partial charge on any atom is -0.478 e. The van der Waals surface area contributed by atoms with Crippen LogP contribution in [0.5, 0.6) is 0 Å². The first kappa shape index (κ1) is 17.6. The molecule has 1 saturated carbocycles. The van der Waals surface area contributed by atoms with Gasteiger partial charge in [0, 0.05) is 30.3 Å². The number of hydrogen-bond donors (Lipinski definition) is 2. The van der Waals surface area contributed by atoms with E-state index in [2.05, 4.69) is 18.3 Å². The van der Waals surface area contributed by atoms with E-state index in [1.807, 2.05) is 35.2 Å². The van der Waals surface area contributed by atoms with Gasteiger partial charge in [-0.25, -0.2) is 4.79 Å². The van der Waals surface area contributed by atoms with Crippen molar-refractivity contribution >= 4 is 23.3 Å². The van der Waals surface area contributed by atoms with E-state index in [1.165, 1.54) is 12.8 Å². The lowest BCUT2D eigenvalue weighted by Gasteiger charge is -2.46. The summed E-state index contributed by atoms with van der Waals surface area (Å²) in [7, 11) is 0. The van der Waals surface area contributed by atoms with Crippen molar-refractivity contribution in [1.82, 2.24) is 0 Å². The van der Waals surface area contributed by atoms with Crippen molar-refractivity contribution in [1.29, 1.82) is 0 Å². The largest absolute Gasteiger partial charge is 0.478 e. The molecule has 3 atom stereocenters. The van der Waals surface area contributed by atoms with E-state index in [0.717, 1.165) is 16.9 Å². The Bertz CT molecular complexity index is 873. The first-order valence-corrected chi connectivity index (χ1v) is 9.46. The number of carbonyl (C=O) groups excluding carboxylic acids is 1. The quantitative estimate of drug-likeness (QED) is 0.848. The van der Waals surface area contributed by atoms with Gasteiger partial charge < -0.3 is 15.3 Å². The van der Waals surface area contributed by atoms with Crippen LogP contribution in [0.25, 0.3) is 0 Å². The molecule has 0 radical (unpaired) electrons. The molecule has 1 heterocycles. The molecule has 0 aromatic heterocycles. The van der Waals surface area contributed by atoms with Gasteiger partial charge in [-0.05, 0) is 54.7 Å². The van der Waals surface area contributed by atoms with Crippen LogP contribution in [-0.4, -0.2) is 23.0 Å². The van der Waals surface area contributed by atoms with Gasteiger partial charge in [-0.2, -0.15) is 0 Å². The summed E-state index contributed by atoms with van der Waals surface area (Å²) in [6.45, 7) is 3.86. The van der Waals surface area contributed by atoms with Gasteiger partial charge in [-0.3, -0.25) is 4.79 Å². The summed E-state index contributed by atoms with van der Waals surface area (Å²) < 4.78 is 0. The number of hydrogen-bond acceptors (Lipinski definition) is 3. The van der Waals surface area contributed by atoms with Gasteiger partial charge in [0.25, 0.3) is 0 Å². The fraction of sp³-hybridized carbons (Fsp3) is 0.364. The van der Waals surface area contributed by atoms with Crippen LogP contribution in [0.2, 0.25) is 0 Å². The SMILES string of the molecule is CC(=O)N1c2ccccc2[C@H](Nc2ccc(C(=O)O)cc2)[C@@H](C)[C@H]1C1CC1. The number of anilines is 2. The number of carbonyl (C=O) groups is 2. The number of carboxylic acid groups (broad SMARTS) is 1. The molecule has 27 heavy (non-hydrogen) atoms. The molecular weight excluding hydrogens is 340 g/mol. The van der Waals surface area contributed by atoms with Gasteiger partial charge in [0.1, 0.15) is 0 Å². The number of fused-ring (bicyclic) bond motifs is 1. The Hall–Kier alpha value is -2.82. The number of nitrogens with one attached hydrogen (secondary N) is 1. The standard InChI is InChI=1S/C22H24N2O3/c1-13-20(23-17-11-9-16(10-12-17)22(26)27)18-5-3-4-6-19(18)24(14(2)25)21(13)15-7-8-15/h3-6,9-13,15,20-21,23H,7-8H2,1-2H3,(H,26,27)/t13-,20-,21+/m1/s1. The van der Waals surface area contributed by atoms with Crippen molar-refractivity contribution in [3.63, 3.8) is 0 Å². The summed E-state index contributed by atoms with van der Waals surface area (Å²) in [4.78, 5) is 25.5. The number of amides is 1. The lowest BCUT2D eigenvalue weighted by Crippen LogP contribution is -2.51. The Morgan fingerprint density at radius 2 is 1.74 bits per heavy atom. The first-order valence-electron chi connectivity index (χ1n) is 9.46. The van der Waals surface area contributed by atoms with Gasteiger partial charge in [0.05, 0.1) is 11.6 Å². The zero-order chi connectivity index (χ0) is 19.1. The van der Waals surface area contributed by atoms with Crippen molar-refractivity contribution in [3.8, 4) is 0 Å². The highest BCUT2D eigenvalue weighted by atomic mass is 16.4. The first-order chi connectivity index (χ1) is 13.0. The summed E-state index contributed by atoms with van der Waals surface area (Å²) in [5, 5.41) is 12.7. The molecular formula is C22H24N2O3. The van der Waals surface area contributed by atoms with Gasteiger partial charge in [-0.1, -0.05) is 25.1 Å². The summed E-state index contributed by atoms with van der Waals surface area (Å²) in [6, 6.07) is 15.2. The van der Waals surface area contributed by atoms with Crippen molar-refractivity contribution in [2.24, 2.45) is 11.8 Å². The molecule has 1 fully saturated rings. The zero-order valence-electron chi connectivity index (χ0n) is 15.6. The predicted molar refractivity (Wildman–Crippen MR) is 105 cm³/mol. The molecule has 0 spiro atoms. The molecule has 2 aromatic rings. The molecule has 2 aromatic carbocycles. The number of para-hydroxylation sites is 1. The Labute approximate surface area is 159 Å². The maximum absolute atomic E-state index is 12.5. The number of benzene rings is 2. The van der Waals surface area contributed by atoms with E-state index < -0.39 is 5.97 Å². The smallest absolute Gasteiger partial charge is 0.335 e. The average molecular weight is 364 g/mol. The Balaban J connectivity index is 1.71. The van der Waals surface area contributed by atoms with E-state index in [-0.39, 0.29) is 29.5 Å². The number of rotatable bonds is 4. The number of aromatic carboxylic acids is 1. The molecule has 5 heteroatoms. The predicted octanol–water partition coefficient (Wildman–Crippen LogP) is 4.32. The minimum absolute atomic E-state index is 0.0677. The van der Waals surface area contributed by atoms with Gasteiger partial charge in [-0.15, -0.1) is 0 Å². The van der Waals surface area contributed by atoms with Crippen molar-refractivity contribution < 1.29 is 14.7 Å². The van der Waals surface area contributed by atoms with Crippen molar-refractivity contribution in [2.75, 3.05) is 10.2 Å². The van der Waals surface area contributed by atoms with E-state index in [4.69, 9.17) is 5.11 Å². The molecule has 4 rings (SSSR count). The van der Waals surface area contributed by atoms with E-state index in [0.29, 0.717) is 5.92 Å². The highest BCUT2D eigenvalue weighted by Gasteiger charge is 2.47. The second kappa shape index (κ2) is 6.72. The van der Waals surface area contributed by atoms with Crippen LogP contribution in [0.15, 0.2) is 48.5 Å². The highest BCUT2D eigenvalue weighted by Crippen LogP contribution is 2.49. The monoisotopic (exact) mass is 364 g/mol.